The average Bonchev–Trinajstić information content (AvgIpc) is 3.24. The number of nitrogens with one attached hydrogen (secondary N) is 1. The van der Waals surface area contributed by atoms with Gasteiger partial charge in [0.05, 0.1) is 6.54 Å². The molecule has 3 heterocycles. The monoisotopic (exact) mass is 321 g/mol. The van der Waals surface area contributed by atoms with E-state index in [1.807, 2.05) is 54.4 Å². The summed E-state index contributed by atoms with van der Waals surface area (Å²) in [5, 5.41) is 1.11. The number of aromatic amines is 1. The zero-order valence-electron chi connectivity index (χ0n) is 13.5. The highest BCUT2D eigenvalue weighted by Crippen LogP contribution is 2.20. The molecule has 0 aliphatic carbocycles. The maximum atomic E-state index is 12.7. The second-order valence-electron chi connectivity index (χ2n) is 6.23. The third-order valence-corrected chi connectivity index (χ3v) is 4.41. The summed E-state index contributed by atoms with van der Waals surface area (Å²) in [5.41, 5.74) is 2.79. The van der Waals surface area contributed by atoms with Crippen LogP contribution in [0.25, 0.3) is 10.9 Å². The fraction of sp³-hybridized carbons (Fsp3) is 0.263. The van der Waals surface area contributed by atoms with E-state index in [2.05, 4.69) is 9.97 Å². The molecule has 122 valence electrons. The summed E-state index contributed by atoms with van der Waals surface area (Å²) >= 11 is 0. The number of hydrogen-bond acceptors (Lipinski definition) is 3. The summed E-state index contributed by atoms with van der Waals surface area (Å²) < 4.78 is 5.89. The number of ether oxygens (including phenoxy) is 1. The van der Waals surface area contributed by atoms with Gasteiger partial charge in [-0.05, 0) is 36.1 Å². The highest BCUT2D eigenvalue weighted by Gasteiger charge is 2.28. The first-order chi connectivity index (χ1) is 11.7. The van der Waals surface area contributed by atoms with E-state index in [0.717, 1.165) is 22.9 Å². The highest BCUT2D eigenvalue weighted by molar-refractivity contribution is 5.98. The van der Waals surface area contributed by atoms with Crippen molar-refractivity contribution in [2.45, 2.75) is 19.4 Å². The van der Waals surface area contributed by atoms with Crippen molar-refractivity contribution >= 4 is 16.8 Å². The Morgan fingerprint density at radius 3 is 3.04 bits per heavy atom. The van der Waals surface area contributed by atoms with Gasteiger partial charge in [0, 0.05) is 42.5 Å². The number of hydrogen-bond donors (Lipinski definition) is 1. The molecule has 0 bridgehead atoms. The number of aromatic nitrogens is 2. The Labute approximate surface area is 140 Å². The summed E-state index contributed by atoms with van der Waals surface area (Å²) in [5.74, 6) is 0.669. The number of aryl methyl sites for hydroxylation is 1. The van der Waals surface area contributed by atoms with E-state index in [0.29, 0.717) is 24.5 Å². The number of pyridine rings is 1. The van der Waals surface area contributed by atoms with E-state index in [4.69, 9.17) is 4.74 Å². The average molecular weight is 321 g/mol. The summed E-state index contributed by atoms with van der Waals surface area (Å²) in [7, 11) is 0. The molecule has 1 aliphatic rings. The van der Waals surface area contributed by atoms with Crippen molar-refractivity contribution in [2.75, 3.05) is 13.1 Å². The number of nitrogens with zero attached hydrogens (tertiary/aromatic N) is 2. The molecule has 5 heteroatoms. The molecule has 0 unspecified atom stereocenters. The van der Waals surface area contributed by atoms with Crippen LogP contribution in [0.15, 0.2) is 48.8 Å². The van der Waals surface area contributed by atoms with Crippen LogP contribution in [0.1, 0.15) is 22.3 Å². The maximum Gasteiger partial charge on any atom is 0.254 e. The molecular weight excluding hydrogens is 302 g/mol. The fourth-order valence-electron chi connectivity index (χ4n) is 3.07. The lowest BCUT2D eigenvalue weighted by Gasteiger charge is -2.17. The third kappa shape index (κ3) is 2.85. The first-order valence-electron chi connectivity index (χ1n) is 8.15. The van der Waals surface area contributed by atoms with E-state index in [-0.39, 0.29) is 12.0 Å². The van der Waals surface area contributed by atoms with Gasteiger partial charge in [-0.2, -0.15) is 0 Å². The molecule has 1 saturated heterocycles. The van der Waals surface area contributed by atoms with Crippen LogP contribution in [0.3, 0.4) is 0 Å². The van der Waals surface area contributed by atoms with Gasteiger partial charge in [0.2, 0.25) is 5.88 Å². The van der Waals surface area contributed by atoms with E-state index < -0.39 is 0 Å². The molecule has 0 saturated carbocycles. The minimum atomic E-state index is -0.00150. The lowest BCUT2D eigenvalue weighted by Crippen LogP contribution is -2.31. The van der Waals surface area contributed by atoms with Crippen LogP contribution in [0.4, 0.5) is 0 Å². The van der Waals surface area contributed by atoms with Crippen molar-refractivity contribution in [3.63, 3.8) is 0 Å². The van der Waals surface area contributed by atoms with Crippen LogP contribution < -0.4 is 4.74 Å². The normalized spacial score (nSPS) is 17.4. The Morgan fingerprint density at radius 1 is 1.29 bits per heavy atom. The quantitative estimate of drug-likeness (QED) is 0.806. The lowest BCUT2D eigenvalue weighted by atomic mass is 10.1. The van der Waals surface area contributed by atoms with Crippen LogP contribution in [0, 0.1) is 6.92 Å². The lowest BCUT2D eigenvalue weighted by molar-refractivity contribution is 0.0771. The Balaban J connectivity index is 1.43. The molecule has 2 aromatic heterocycles. The summed E-state index contributed by atoms with van der Waals surface area (Å²) in [4.78, 5) is 22.0. The van der Waals surface area contributed by atoms with Gasteiger partial charge in [0.15, 0.2) is 0 Å². The first kappa shape index (κ1) is 14.8. The molecule has 1 N–H and O–H groups in total. The second-order valence-corrected chi connectivity index (χ2v) is 6.23. The third-order valence-electron chi connectivity index (χ3n) is 4.41. The van der Waals surface area contributed by atoms with Gasteiger partial charge in [-0.25, -0.2) is 4.98 Å². The Kier molecular flexibility index (Phi) is 3.69. The van der Waals surface area contributed by atoms with E-state index in [1.54, 1.807) is 6.20 Å². The van der Waals surface area contributed by atoms with Crippen LogP contribution >= 0.6 is 0 Å². The van der Waals surface area contributed by atoms with Gasteiger partial charge in [-0.1, -0.05) is 12.1 Å². The van der Waals surface area contributed by atoms with E-state index >= 15 is 0 Å². The Morgan fingerprint density at radius 2 is 2.21 bits per heavy atom. The van der Waals surface area contributed by atoms with Gasteiger partial charge in [-0.15, -0.1) is 0 Å². The molecule has 3 aromatic rings. The standard InChI is InChI=1S/C19H19N3O2/c1-13-2-5-18(21-11-13)24-16-7-9-22(12-16)19(23)15-4-3-14-6-8-20-17(14)10-15/h2-6,8,10-11,16,20H,7,9,12H2,1H3/t16-/m1/s1. The SMILES string of the molecule is Cc1ccc(O[C@@H]2CCN(C(=O)c3ccc4cc[nH]c4c3)C2)nc1. The summed E-state index contributed by atoms with van der Waals surface area (Å²) in [6.45, 7) is 3.29. The number of carbonyl (C=O) groups excluding carboxylic acids is 1. The Bertz CT molecular complexity index is 870. The van der Waals surface area contributed by atoms with Gasteiger partial charge in [-0.3, -0.25) is 4.79 Å². The molecule has 1 aliphatic heterocycles. The number of benzene rings is 1. The van der Waals surface area contributed by atoms with Crippen LogP contribution in [0.2, 0.25) is 0 Å². The molecule has 4 rings (SSSR count). The number of likely N-dealkylation sites (tertiary alicyclic amines) is 1. The smallest absolute Gasteiger partial charge is 0.254 e. The minimum absolute atomic E-state index is 0.00150. The number of rotatable bonds is 3. The van der Waals surface area contributed by atoms with E-state index in [1.165, 1.54) is 0 Å². The number of H-pyrrole nitrogens is 1. The number of amides is 1. The van der Waals surface area contributed by atoms with E-state index in [9.17, 15) is 4.79 Å². The molecule has 1 amide bonds. The van der Waals surface area contributed by atoms with Crippen LogP contribution in [-0.2, 0) is 0 Å². The summed E-state index contributed by atoms with van der Waals surface area (Å²) in [6.07, 6.45) is 4.50. The minimum Gasteiger partial charge on any atom is -0.472 e. The molecule has 1 atom stereocenters. The molecule has 5 nitrogen and oxygen atoms in total. The molecule has 1 aromatic carbocycles. The van der Waals surface area contributed by atoms with Crippen molar-refractivity contribution in [3.05, 3.63) is 59.9 Å². The second kappa shape index (κ2) is 6.00. The first-order valence-corrected chi connectivity index (χ1v) is 8.15. The van der Waals surface area contributed by atoms with Gasteiger partial charge < -0.3 is 14.6 Å². The van der Waals surface area contributed by atoms with Gasteiger partial charge in [0.1, 0.15) is 6.10 Å². The largest absolute Gasteiger partial charge is 0.472 e. The molecule has 24 heavy (non-hydrogen) atoms. The Hall–Kier alpha value is -2.82. The van der Waals surface area contributed by atoms with Gasteiger partial charge >= 0.3 is 0 Å². The maximum absolute atomic E-state index is 12.7. The predicted molar refractivity (Wildman–Crippen MR) is 92.2 cm³/mol. The number of carbonyl (C=O) groups is 1. The molecule has 0 radical (unpaired) electrons. The number of fused-ring (bicyclic) bond motifs is 1. The van der Waals surface area contributed by atoms with Crippen molar-refractivity contribution in [3.8, 4) is 5.88 Å². The van der Waals surface area contributed by atoms with Crippen molar-refractivity contribution in [2.24, 2.45) is 0 Å². The van der Waals surface area contributed by atoms with Crippen LogP contribution in [-0.4, -0.2) is 40.0 Å². The summed E-state index contributed by atoms with van der Waals surface area (Å²) in [6, 6.07) is 11.6. The molecule has 1 fully saturated rings. The van der Waals surface area contributed by atoms with Crippen LogP contribution in [0.5, 0.6) is 5.88 Å². The predicted octanol–water partition coefficient (Wildman–Crippen LogP) is 3.16. The van der Waals surface area contributed by atoms with Crippen molar-refractivity contribution in [1.29, 1.82) is 0 Å². The van der Waals surface area contributed by atoms with Gasteiger partial charge in [0.25, 0.3) is 5.91 Å². The zero-order chi connectivity index (χ0) is 16.5. The highest BCUT2D eigenvalue weighted by atomic mass is 16.5. The fourth-order valence-corrected chi connectivity index (χ4v) is 3.07. The van der Waals surface area contributed by atoms with Crippen molar-refractivity contribution < 1.29 is 9.53 Å². The topological polar surface area (TPSA) is 58.2 Å². The van der Waals surface area contributed by atoms with Crippen molar-refractivity contribution in [1.82, 2.24) is 14.9 Å². The zero-order valence-corrected chi connectivity index (χ0v) is 13.5. The molecule has 0 spiro atoms. The molecular formula is C19H19N3O2.